The summed E-state index contributed by atoms with van der Waals surface area (Å²) in [5.41, 5.74) is 3.02. The molecule has 4 rings (SSSR count). The molecule has 0 unspecified atom stereocenters. The molecule has 0 bridgehead atoms. The molecule has 0 aromatic rings. The molecule has 4 nitrogen and oxygen atoms in total. The van der Waals surface area contributed by atoms with Crippen LogP contribution in [0, 0.1) is 22.7 Å². The van der Waals surface area contributed by atoms with E-state index in [0.717, 1.165) is 31.4 Å². The molecule has 1 amide bonds. The van der Waals surface area contributed by atoms with Gasteiger partial charge in [-0.15, -0.1) is 0 Å². The first-order valence-electron chi connectivity index (χ1n) is 9.08. The largest absolute Gasteiger partial charge is 0.332 e. The number of ketones is 2. The van der Waals surface area contributed by atoms with Crippen LogP contribution in [0.25, 0.3) is 0 Å². The van der Waals surface area contributed by atoms with E-state index in [4.69, 9.17) is 0 Å². The summed E-state index contributed by atoms with van der Waals surface area (Å²) in [4.78, 5) is 35.7. The van der Waals surface area contributed by atoms with Crippen molar-refractivity contribution in [3.8, 4) is 0 Å². The lowest BCUT2D eigenvalue weighted by Crippen LogP contribution is -2.47. The van der Waals surface area contributed by atoms with Crippen molar-refractivity contribution in [2.45, 2.75) is 58.8 Å². The Morgan fingerprint density at radius 3 is 2.79 bits per heavy atom. The van der Waals surface area contributed by atoms with Crippen LogP contribution in [0.1, 0.15) is 58.8 Å². The molecule has 128 valence electrons. The highest BCUT2D eigenvalue weighted by Gasteiger charge is 2.57. The normalized spacial score (nSPS) is 41.3. The number of carbonyl (C=O) groups excluding carboxylic acids is 3. The number of allylic oxidation sites excluding steroid dienone is 4. The second-order valence-corrected chi connectivity index (χ2v) is 8.44. The molecule has 1 N–H and O–H groups in total. The van der Waals surface area contributed by atoms with Crippen molar-refractivity contribution in [2.75, 3.05) is 0 Å². The Kier molecular flexibility index (Phi) is 3.38. The zero-order valence-corrected chi connectivity index (χ0v) is 14.5. The molecular formula is C20H25NO3. The summed E-state index contributed by atoms with van der Waals surface area (Å²) in [6.07, 6.45) is 8.13. The zero-order chi connectivity index (χ0) is 17.1. The fourth-order valence-electron chi connectivity index (χ4n) is 6.00. The maximum Gasteiger partial charge on any atom is 0.211 e. The molecule has 2 fully saturated rings. The zero-order valence-electron chi connectivity index (χ0n) is 14.5. The number of carbonyl (C=O) groups is 3. The number of Topliss-reactive ketones (excluding diaryl/α,β-unsaturated/α-hetero) is 2. The van der Waals surface area contributed by atoms with E-state index in [0.29, 0.717) is 49.1 Å². The summed E-state index contributed by atoms with van der Waals surface area (Å²) in [6, 6.07) is 0. The minimum absolute atomic E-state index is 0.130. The summed E-state index contributed by atoms with van der Waals surface area (Å²) < 4.78 is 0. The highest BCUT2D eigenvalue weighted by atomic mass is 16.1. The maximum atomic E-state index is 12.6. The van der Waals surface area contributed by atoms with Gasteiger partial charge in [0.2, 0.25) is 6.41 Å². The minimum atomic E-state index is -0.342. The van der Waals surface area contributed by atoms with E-state index in [9.17, 15) is 14.4 Å². The quantitative estimate of drug-likeness (QED) is 0.626. The third-order valence-corrected chi connectivity index (χ3v) is 7.31. The van der Waals surface area contributed by atoms with Crippen molar-refractivity contribution < 1.29 is 14.4 Å². The van der Waals surface area contributed by atoms with Gasteiger partial charge in [-0.05, 0) is 36.7 Å². The van der Waals surface area contributed by atoms with Crippen molar-refractivity contribution in [1.82, 2.24) is 5.32 Å². The summed E-state index contributed by atoms with van der Waals surface area (Å²) >= 11 is 0. The van der Waals surface area contributed by atoms with Crippen molar-refractivity contribution in [2.24, 2.45) is 22.7 Å². The average Bonchev–Trinajstić information content (AvgIpc) is 2.83. The summed E-state index contributed by atoms with van der Waals surface area (Å²) in [5, 5.41) is 2.95. The van der Waals surface area contributed by atoms with Gasteiger partial charge in [-0.25, -0.2) is 0 Å². The van der Waals surface area contributed by atoms with Gasteiger partial charge in [0.05, 0.1) is 0 Å². The van der Waals surface area contributed by atoms with E-state index in [1.165, 1.54) is 11.1 Å². The molecule has 4 heteroatoms. The molecule has 24 heavy (non-hydrogen) atoms. The number of amides is 1. The lowest BCUT2D eigenvalue weighted by atomic mass is 9.52. The van der Waals surface area contributed by atoms with Crippen molar-refractivity contribution >= 4 is 18.0 Å². The van der Waals surface area contributed by atoms with Crippen LogP contribution in [-0.2, 0) is 14.4 Å². The van der Waals surface area contributed by atoms with Gasteiger partial charge in [-0.3, -0.25) is 14.4 Å². The van der Waals surface area contributed by atoms with Gasteiger partial charge in [0.1, 0.15) is 11.6 Å². The van der Waals surface area contributed by atoms with Crippen LogP contribution in [0.5, 0.6) is 0 Å². The van der Waals surface area contributed by atoms with E-state index >= 15 is 0 Å². The Labute approximate surface area is 142 Å². The molecular weight excluding hydrogens is 302 g/mol. The van der Waals surface area contributed by atoms with Gasteiger partial charge in [0, 0.05) is 42.2 Å². The molecule has 0 radical (unpaired) electrons. The molecule has 4 aliphatic rings. The average molecular weight is 327 g/mol. The lowest BCUT2D eigenvalue weighted by molar-refractivity contribution is -0.127. The standard InChI is InChI=1S/C20H25NO3/c1-19-8-7-13(23)9-12(19)3-4-14-15-5-6-17(24)20(15,2)10-16(18(14)19)21-11-22/h3,11,14-15H,4-10H2,1-2H3,(H,21,22)/t14-,15-,19-,20-/m0/s1. The highest BCUT2D eigenvalue weighted by Crippen LogP contribution is 2.62. The van der Waals surface area contributed by atoms with Gasteiger partial charge in [0.15, 0.2) is 0 Å². The summed E-state index contributed by atoms with van der Waals surface area (Å²) in [5.74, 6) is 1.35. The van der Waals surface area contributed by atoms with Crippen LogP contribution in [0.2, 0.25) is 0 Å². The van der Waals surface area contributed by atoms with Crippen LogP contribution in [0.3, 0.4) is 0 Å². The smallest absolute Gasteiger partial charge is 0.211 e. The number of rotatable bonds is 2. The molecule has 0 aromatic carbocycles. The maximum absolute atomic E-state index is 12.6. The molecule has 4 atom stereocenters. The van der Waals surface area contributed by atoms with E-state index in [1.54, 1.807) is 0 Å². The van der Waals surface area contributed by atoms with Crippen LogP contribution in [0.4, 0.5) is 0 Å². The molecule has 0 saturated heterocycles. The molecule has 0 aromatic heterocycles. The van der Waals surface area contributed by atoms with Crippen LogP contribution in [0.15, 0.2) is 22.9 Å². The first kappa shape index (κ1) is 15.8. The number of nitrogens with one attached hydrogen (secondary N) is 1. The third kappa shape index (κ3) is 1.95. The second kappa shape index (κ2) is 5.14. The van der Waals surface area contributed by atoms with E-state index in [1.807, 2.05) is 0 Å². The van der Waals surface area contributed by atoms with Crippen molar-refractivity contribution in [1.29, 1.82) is 0 Å². The fourth-order valence-corrected chi connectivity index (χ4v) is 6.00. The van der Waals surface area contributed by atoms with Gasteiger partial charge < -0.3 is 5.32 Å². The predicted octanol–water partition coefficient (Wildman–Crippen LogP) is 3.08. The van der Waals surface area contributed by atoms with Gasteiger partial charge in [-0.1, -0.05) is 25.5 Å². The van der Waals surface area contributed by atoms with E-state index in [-0.39, 0.29) is 10.8 Å². The topological polar surface area (TPSA) is 63.2 Å². The Bertz CT molecular complexity index is 704. The highest BCUT2D eigenvalue weighted by molar-refractivity contribution is 5.88. The van der Waals surface area contributed by atoms with E-state index < -0.39 is 0 Å². The molecule has 0 spiro atoms. The molecule has 4 aliphatic carbocycles. The van der Waals surface area contributed by atoms with E-state index in [2.05, 4.69) is 25.2 Å². The third-order valence-electron chi connectivity index (χ3n) is 7.31. The lowest BCUT2D eigenvalue weighted by Gasteiger charge is -2.52. The Morgan fingerprint density at radius 2 is 2.04 bits per heavy atom. The summed E-state index contributed by atoms with van der Waals surface area (Å²) in [7, 11) is 0. The van der Waals surface area contributed by atoms with Gasteiger partial charge in [-0.2, -0.15) is 0 Å². The first-order valence-corrected chi connectivity index (χ1v) is 9.08. The second-order valence-electron chi connectivity index (χ2n) is 8.44. The molecule has 2 saturated carbocycles. The van der Waals surface area contributed by atoms with Gasteiger partial charge in [0.25, 0.3) is 0 Å². The molecule has 0 aliphatic heterocycles. The van der Waals surface area contributed by atoms with Crippen LogP contribution in [-0.4, -0.2) is 18.0 Å². The van der Waals surface area contributed by atoms with Crippen LogP contribution >= 0.6 is 0 Å². The molecule has 0 heterocycles. The first-order chi connectivity index (χ1) is 11.4. The van der Waals surface area contributed by atoms with Crippen LogP contribution < -0.4 is 5.32 Å². The predicted molar refractivity (Wildman–Crippen MR) is 89.8 cm³/mol. The Morgan fingerprint density at radius 1 is 1.25 bits per heavy atom. The van der Waals surface area contributed by atoms with Gasteiger partial charge >= 0.3 is 0 Å². The monoisotopic (exact) mass is 327 g/mol. The fraction of sp³-hybridized carbons (Fsp3) is 0.650. The summed E-state index contributed by atoms with van der Waals surface area (Å²) in [6.45, 7) is 4.32. The Hall–Kier alpha value is -1.71. The Balaban J connectivity index is 1.87. The number of hydrogen-bond donors (Lipinski definition) is 1. The number of hydrogen-bond acceptors (Lipinski definition) is 3. The minimum Gasteiger partial charge on any atom is -0.332 e. The van der Waals surface area contributed by atoms with Crippen molar-refractivity contribution in [3.63, 3.8) is 0 Å². The SMILES string of the molecule is C[C@]12CCC(=O)CC1=CC[C@@H]1C2=C(NC=O)C[C@]2(C)C(=O)CC[C@@H]12. The van der Waals surface area contributed by atoms with Crippen molar-refractivity contribution in [3.05, 3.63) is 22.9 Å². The number of fused-ring (bicyclic) bond motifs is 5.